The van der Waals surface area contributed by atoms with Crippen LogP contribution in [0.25, 0.3) is 15.5 Å². The van der Waals surface area contributed by atoms with Crippen LogP contribution in [0.15, 0.2) is 48.5 Å². The fourth-order valence-corrected chi connectivity index (χ4v) is 3.42. The number of carbonyl (C=O) groups is 1. The van der Waals surface area contributed by atoms with Crippen molar-refractivity contribution in [2.75, 3.05) is 5.32 Å². The Kier molecular flexibility index (Phi) is 4.18. The van der Waals surface area contributed by atoms with Crippen LogP contribution in [0.2, 0.25) is 0 Å². The average molecular weight is 367 g/mol. The monoisotopic (exact) mass is 367 g/mol. The predicted octanol–water partition coefficient (Wildman–Crippen LogP) is 3.81. The third kappa shape index (κ3) is 2.95. The van der Waals surface area contributed by atoms with E-state index in [0.29, 0.717) is 5.69 Å². The predicted molar refractivity (Wildman–Crippen MR) is 97.8 cm³/mol. The van der Waals surface area contributed by atoms with Gasteiger partial charge in [-0.2, -0.15) is 9.61 Å². The van der Waals surface area contributed by atoms with E-state index >= 15 is 0 Å². The molecule has 0 saturated carbocycles. The second kappa shape index (κ2) is 6.64. The van der Waals surface area contributed by atoms with Gasteiger partial charge in [-0.1, -0.05) is 42.5 Å². The lowest BCUT2D eigenvalue weighted by Crippen LogP contribution is -2.13. The molecule has 6 nitrogen and oxygen atoms in total. The van der Waals surface area contributed by atoms with Gasteiger partial charge in [0.25, 0.3) is 5.91 Å². The molecule has 26 heavy (non-hydrogen) atoms. The molecule has 0 saturated heterocycles. The molecule has 0 atom stereocenters. The van der Waals surface area contributed by atoms with E-state index in [-0.39, 0.29) is 5.56 Å². The van der Waals surface area contributed by atoms with E-state index in [4.69, 9.17) is 0 Å². The number of nitrogens with zero attached hydrogens (tertiary/aromatic N) is 4. The Labute approximate surface area is 152 Å². The molecule has 0 fully saturated rings. The van der Waals surface area contributed by atoms with E-state index in [0.717, 1.165) is 27.8 Å². The molecular formula is C18H14FN5OS. The van der Waals surface area contributed by atoms with Gasteiger partial charge < -0.3 is 5.32 Å². The number of hydrogen-bond acceptors (Lipinski definition) is 5. The van der Waals surface area contributed by atoms with Crippen LogP contribution >= 0.6 is 11.3 Å². The van der Waals surface area contributed by atoms with Crippen LogP contribution in [0.1, 0.15) is 23.1 Å². The molecular weight excluding hydrogens is 353 g/mol. The first-order valence-electron chi connectivity index (χ1n) is 8.03. The zero-order valence-corrected chi connectivity index (χ0v) is 14.6. The van der Waals surface area contributed by atoms with E-state index in [1.165, 1.54) is 23.5 Å². The van der Waals surface area contributed by atoms with Crippen molar-refractivity contribution in [3.63, 3.8) is 0 Å². The summed E-state index contributed by atoms with van der Waals surface area (Å²) in [5.41, 5.74) is 1.41. The van der Waals surface area contributed by atoms with Gasteiger partial charge in [-0.05, 0) is 24.3 Å². The Bertz CT molecular complexity index is 1100. The normalized spacial score (nSPS) is 11.0. The number of fused-ring (bicyclic) bond motifs is 1. The molecule has 0 unspecified atom stereocenters. The van der Waals surface area contributed by atoms with Crippen LogP contribution in [0.4, 0.5) is 10.1 Å². The van der Waals surface area contributed by atoms with Crippen molar-refractivity contribution < 1.29 is 9.18 Å². The summed E-state index contributed by atoms with van der Waals surface area (Å²) in [7, 11) is 0. The summed E-state index contributed by atoms with van der Waals surface area (Å²) in [4.78, 5) is 13.0. The van der Waals surface area contributed by atoms with Crippen molar-refractivity contribution in [2.24, 2.45) is 0 Å². The van der Waals surface area contributed by atoms with Gasteiger partial charge in [0.1, 0.15) is 10.8 Å². The summed E-state index contributed by atoms with van der Waals surface area (Å²) in [6.45, 7) is 1.99. The largest absolute Gasteiger partial charge is 0.322 e. The maximum Gasteiger partial charge on any atom is 0.258 e. The third-order valence-corrected chi connectivity index (χ3v) is 4.81. The molecule has 0 bridgehead atoms. The molecule has 1 amide bonds. The molecule has 0 aliphatic heterocycles. The second-order valence-electron chi connectivity index (χ2n) is 5.59. The molecule has 0 spiro atoms. The van der Waals surface area contributed by atoms with Gasteiger partial charge in [-0.3, -0.25) is 4.79 Å². The van der Waals surface area contributed by atoms with Crippen LogP contribution in [-0.2, 0) is 6.42 Å². The van der Waals surface area contributed by atoms with E-state index < -0.39 is 11.7 Å². The lowest BCUT2D eigenvalue weighted by Gasteiger charge is -2.07. The zero-order valence-electron chi connectivity index (χ0n) is 13.8. The number of aromatic nitrogens is 4. The maximum absolute atomic E-state index is 13.8. The van der Waals surface area contributed by atoms with Crippen molar-refractivity contribution in [1.82, 2.24) is 19.8 Å². The minimum Gasteiger partial charge on any atom is -0.322 e. The molecule has 130 valence electrons. The first-order chi connectivity index (χ1) is 12.7. The van der Waals surface area contributed by atoms with Gasteiger partial charge in [0.05, 0.1) is 5.56 Å². The molecule has 0 radical (unpaired) electrons. The van der Waals surface area contributed by atoms with Crippen molar-refractivity contribution in [3.8, 4) is 10.6 Å². The van der Waals surface area contributed by atoms with Gasteiger partial charge in [-0.15, -0.1) is 10.2 Å². The Morgan fingerprint density at radius 1 is 1.19 bits per heavy atom. The smallest absolute Gasteiger partial charge is 0.258 e. The fourth-order valence-electron chi connectivity index (χ4n) is 2.57. The van der Waals surface area contributed by atoms with Crippen molar-refractivity contribution in [1.29, 1.82) is 0 Å². The zero-order chi connectivity index (χ0) is 18.1. The summed E-state index contributed by atoms with van der Waals surface area (Å²) < 4.78 is 15.5. The number of aryl methyl sites for hydroxylation is 1. The average Bonchev–Trinajstić information content (AvgIpc) is 3.22. The Hall–Kier alpha value is -3.13. The SMILES string of the molecule is CCc1nnc2sc(-c3cccc(NC(=O)c4ccccc4F)c3)nn12. The molecule has 1 N–H and O–H groups in total. The number of halogens is 1. The van der Waals surface area contributed by atoms with Crippen LogP contribution in [-0.4, -0.2) is 25.7 Å². The van der Waals surface area contributed by atoms with Gasteiger partial charge in [0, 0.05) is 17.7 Å². The van der Waals surface area contributed by atoms with Crippen molar-refractivity contribution in [2.45, 2.75) is 13.3 Å². The minimum absolute atomic E-state index is 0.00397. The number of benzene rings is 2. The first kappa shape index (κ1) is 16.3. The highest BCUT2D eigenvalue weighted by molar-refractivity contribution is 7.19. The summed E-state index contributed by atoms with van der Waals surface area (Å²) in [6, 6.07) is 13.1. The maximum atomic E-state index is 13.8. The first-order valence-corrected chi connectivity index (χ1v) is 8.85. The fraction of sp³-hybridized carbons (Fsp3) is 0.111. The molecule has 4 rings (SSSR count). The number of amides is 1. The van der Waals surface area contributed by atoms with Crippen LogP contribution in [0.3, 0.4) is 0 Å². The summed E-state index contributed by atoms with van der Waals surface area (Å²) in [5, 5.41) is 16.2. The van der Waals surface area contributed by atoms with Crippen LogP contribution in [0.5, 0.6) is 0 Å². The lowest BCUT2D eigenvalue weighted by molar-refractivity contribution is 0.102. The van der Waals surface area contributed by atoms with Gasteiger partial charge in [-0.25, -0.2) is 4.39 Å². The standard InChI is InChI=1S/C18H14FN5OS/c1-2-15-21-22-18-24(15)23-17(26-18)11-6-5-7-12(10-11)20-16(25)13-8-3-4-9-14(13)19/h3-10H,2H2,1H3,(H,20,25). The summed E-state index contributed by atoms with van der Waals surface area (Å²) in [6.07, 6.45) is 0.739. The Morgan fingerprint density at radius 3 is 2.85 bits per heavy atom. The molecule has 2 aromatic carbocycles. The number of nitrogens with one attached hydrogen (secondary N) is 1. The quantitative estimate of drug-likeness (QED) is 0.595. The number of rotatable bonds is 4. The molecule has 0 aliphatic carbocycles. The van der Waals surface area contributed by atoms with E-state index in [2.05, 4.69) is 20.6 Å². The second-order valence-corrected chi connectivity index (χ2v) is 6.54. The number of carbonyl (C=O) groups excluding carboxylic acids is 1. The summed E-state index contributed by atoms with van der Waals surface area (Å²) in [5.74, 6) is -0.250. The highest BCUT2D eigenvalue weighted by Gasteiger charge is 2.14. The minimum atomic E-state index is -0.554. The van der Waals surface area contributed by atoms with Gasteiger partial charge in [0.2, 0.25) is 4.96 Å². The third-order valence-electron chi connectivity index (χ3n) is 3.86. The number of hydrogen-bond donors (Lipinski definition) is 1. The molecule has 2 aromatic heterocycles. The summed E-state index contributed by atoms with van der Waals surface area (Å²) >= 11 is 1.42. The van der Waals surface area contributed by atoms with Crippen LogP contribution in [0, 0.1) is 5.82 Å². The molecule has 4 aromatic rings. The van der Waals surface area contributed by atoms with Gasteiger partial charge >= 0.3 is 0 Å². The molecule has 2 heterocycles. The van der Waals surface area contributed by atoms with E-state index in [9.17, 15) is 9.18 Å². The van der Waals surface area contributed by atoms with Crippen molar-refractivity contribution in [3.05, 3.63) is 65.7 Å². The highest BCUT2D eigenvalue weighted by Crippen LogP contribution is 2.27. The van der Waals surface area contributed by atoms with Crippen LogP contribution < -0.4 is 5.32 Å². The van der Waals surface area contributed by atoms with E-state index in [1.807, 2.05) is 19.1 Å². The molecule has 0 aliphatic rings. The lowest BCUT2D eigenvalue weighted by atomic mass is 10.1. The van der Waals surface area contributed by atoms with Crippen molar-refractivity contribution >= 4 is 27.9 Å². The topological polar surface area (TPSA) is 72.2 Å². The number of anilines is 1. The van der Waals surface area contributed by atoms with Gasteiger partial charge in [0.15, 0.2) is 5.82 Å². The highest BCUT2D eigenvalue weighted by atomic mass is 32.1. The molecule has 8 heteroatoms. The Morgan fingerprint density at radius 2 is 2.04 bits per heavy atom. The Balaban J connectivity index is 1.62. The van der Waals surface area contributed by atoms with E-state index in [1.54, 1.807) is 28.8 Å².